The molecule has 0 bridgehead atoms. The molecule has 1 amide bonds. The summed E-state index contributed by atoms with van der Waals surface area (Å²) in [6, 6.07) is 1.19. The van der Waals surface area contributed by atoms with Gasteiger partial charge in [-0.1, -0.05) is 0 Å². The number of carboxylic acid groups (broad SMARTS) is 1. The molecular weight excluding hydrogens is 222 g/mol. The third-order valence-electron chi connectivity index (χ3n) is 2.67. The van der Waals surface area contributed by atoms with Crippen molar-refractivity contribution >= 4 is 17.6 Å². The minimum atomic E-state index is -1.06. The van der Waals surface area contributed by atoms with Crippen molar-refractivity contribution in [1.82, 2.24) is 10.3 Å². The standard InChI is InChI=1S/C11H13N3O3/c15-10-9(2-1-4-13-10)14-8-3-5-12-6-7(8)11(16)17/h3,5-6,9H,1-2,4H2,(H,12,14)(H,13,15)(H,16,17). The topological polar surface area (TPSA) is 91.3 Å². The number of pyridine rings is 1. The zero-order valence-corrected chi connectivity index (χ0v) is 9.14. The second-order valence-electron chi connectivity index (χ2n) is 3.86. The Morgan fingerprint density at radius 1 is 1.59 bits per heavy atom. The number of nitrogens with one attached hydrogen (secondary N) is 2. The highest BCUT2D eigenvalue weighted by Crippen LogP contribution is 2.17. The van der Waals surface area contributed by atoms with E-state index in [4.69, 9.17) is 5.11 Å². The number of hydrogen-bond donors (Lipinski definition) is 3. The molecular formula is C11H13N3O3. The third-order valence-corrected chi connectivity index (χ3v) is 2.67. The number of rotatable bonds is 3. The van der Waals surface area contributed by atoms with Crippen LogP contribution in [-0.4, -0.2) is 34.6 Å². The van der Waals surface area contributed by atoms with Crippen LogP contribution in [0.4, 0.5) is 5.69 Å². The van der Waals surface area contributed by atoms with Crippen molar-refractivity contribution in [1.29, 1.82) is 0 Å². The fourth-order valence-electron chi connectivity index (χ4n) is 1.79. The van der Waals surface area contributed by atoms with Crippen molar-refractivity contribution < 1.29 is 14.7 Å². The predicted octanol–water partition coefficient (Wildman–Crippen LogP) is 0.470. The Balaban J connectivity index is 2.17. The van der Waals surface area contributed by atoms with Crippen LogP contribution >= 0.6 is 0 Å². The highest BCUT2D eigenvalue weighted by atomic mass is 16.4. The molecule has 1 aromatic rings. The van der Waals surface area contributed by atoms with Crippen molar-refractivity contribution in [2.75, 3.05) is 11.9 Å². The Morgan fingerprint density at radius 3 is 3.12 bits per heavy atom. The Bertz CT molecular complexity index is 447. The van der Waals surface area contributed by atoms with Gasteiger partial charge in [-0.2, -0.15) is 0 Å². The minimum Gasteiger partial charge on any atom is -0.478 e. The summed E-state index contributed by atoms with van der Waals surface area (Å²) in [6.07, 6.45) is 4.35. The van der Waals surface area contributed by atoms with Gasteiger partial charge in [0.1, 0.15) is 11.6 Å². The Labute approximate surface area is 98.1 Å². The Kier molecular flexibility index (Phi) is 3.22. The van der Waals surface area contributed by atoms with E-state index in [-0.39, 0.29) is 17.5 Å². The van der Waals surface area contributed by atoms with E-state index in [0.717, 1.165) is 6.42 Å². The van der Waals surface area contributed by atoms with Gasteiger partial charge in [-0.25, -0.2) is 4.79 Å². The molecule has 0 aromatic carbocycles. The van der Waals surface area contributed by atoms with Crippen molar-refractivity contribution in [3.63, 3.8) is 0 Å². The summed E-state index contributed by atoms with van der Waals surface area (Å²) in [5, 5.41) is 14.7. The van der Waals surface area contributed by atoms with Gasteiger partial charge >= 0.3 is 5.97 Å². The number of carbonyl (C=O) groups excluding carboxylic acids is 1. The summed E-state index contributed by atoms with van der Waals surface area (Å²) in [4.78, 5) is 26.3. The predicted molar refractivity (Wildman–Crippen MR) is 60.9 cm³/mol. The fraction of sp³-hybridized carbons (Fsp3) is 0.364. The van der Waals surface area contributed by atoms with Crippen molar-refractivity contribution in [3.8, 4) is 0 Å². The van der Waals surface area contributed by atoms with Crippen LogP contribution in [0.1, 0.15) is 23.2 Å². The minimum absolute atomic E-state index is 0.0749. The Morgan fingerprint density at radius 2 is 2.41 bits per heavy atom. The summed E-state index contributed by atoms with van der Waals surface area (Å²) in [5.74, 6) is -1.15. The molecule has 1 atom stereocenters. The maximum atomic E-state index is 11.5. The number of aromatic nitrogens is 1. The molecule has 6 heteroatoms. The summed E-state index contributed by atoms with van der Waals surface area (Å²) in [6.45, 7) is 0.680. The second kappa shape index (κ2) is 4.82. The van der Waals surface area contributed by atoms with Crippen molar-refractivity contribution in [2.24, 2.45) is 0 Å². The zero-order chi connectivity index (χ0) is 12.3. The van der Waals surface area contributed by atoms with Crippen LogP contribution in [0.15, 0.2) is 18.5 Å². The van der Waals surface area contributed by atoms with E-state index in [2.05, 4.69) is 15.6 Å². The number of aromatic carboxylic acids is 1. The molecule has 17 heavy (non-hydrogen) atoms. The fourth-order valence-corrected chi connectivity index (χ4v) is 1.79. The average Bonchev–Trinajstić information content (AvgIpc) is 2.32. The lowest BCUT2D eigenvalue weighted by Crippen LogP contribution is -2.44. The van der Waals surface area contributed by atoms with Gasteiger partial charge in [0.2, 0.25) is 5.91 Å². The molecule has 0 saturated carbocycles. The molecule has 6 nitrogen and oxygen atoms in total. The lowest BCUT2D eigenvalue weighted by atomic mass is 10.1. The highest BCUT2D eigenvalue weighted by Gasteiger charge is 2.23. The monoisotopic (exact) mass is 235 g/mol. The first-order chi connectivity index (χ1) is 8.18. The third kappa shape index (κ3) is 2.52. The molecule has 1 aliphatic rings. The van der Waals surface area contributed by atoms with Crippen LogP contribution in [0.25, 0.3) is 0 Å². The molecule has 0 radical (unpaired) electrons. The first-order valence-corrected chi connectivity index (χ1v) is 5.40. The molecule has 1 unspecified atom stereocenters. The summed E-state index contributed by atoms with van der Waals surface area (Å²) >= 11 is 0. The largest absolute Gasteiger partial charge is 0.478 e. The van der Waals surface area contributed by atoms with Gasteiger partial charge in [0, 0.05) is 18.9 Å². The number of hydrogen-bond acceptors (Lipinski definition) is 4. The maximum Gasteiger partial charge on any atom is 0.339 e. The van der Waals surface area contributed by atoms with Gasteiger partial charge in [-0.3, -0.25) is 9.78 Å². The number of nitrogens with zero attached hydrogens (tertiary/aromatic N) is 1. The van der Waals surface area contributed by atoms with Gasteiger partial charge < -0.3 is 15.7 Å². The quantitative estimate of drug-likeness (QED) is 0.708. The van der Waals surface area contributed by atoms with E-state index in [1.807, 2.05) is 0 Å². The first kappa shape index (κ1) is 11.4. The smallest absolute Gasteiger partial charge is 0.339 e. The number of carbonyl (C=O) groups is 2. The van der Waals surface area contributed by atoms with Crippen LogP contribution < -0.4 is 10.6 Å². The van der Waals surface area contributed by atoms with Crippen LogP contribution in [0.3, 0.4) is 0 Å². The van der Waals surface area contributed by atoms with Gasteiger partial charge in [0.05, 0.1) is 5.69 Å². The van der Waals surface area contributed by atoms with Crippen LogP contribution in [-0.2, 0) is 4.79 Å². The number of amides is 1. The lowest BCUT2D eigenvalue weighted by Gasteiger charge is -2.24. The van der Waals surface area contributed by atoms with Gasteiger partial charge in [-0.15, -0.1) is 0 Å². The molecule has 1 saturated heterocycles. The van der Waals surface area contributed by atoms with E-state index in [9.17, 15) is 9.59 Å². The Hall–Kier alpha value is -2.11. The van der Waals surface area contributed by atoms with E-state index < -0.39 is 5.97 Å². The second-order valence-corrected chi connectivity index (χ2v) is 3.86. The summed E-state index contributed by atoms with van der Waals surface area (Å²) in [7, 11) is 0. The van der Waals surface area contributed by atoms with Crippen molar-refractivity contribution in [3.05, 3.63) is 24.0 Å². The average molecular weight is 235 g/mol. The van der Waals surface area contributed by atoms with Crippen molar-refractivity contribution in [2.45, 2.75) is 18.9 Å². The van der Waals surface area contributed by atoms with Gasteiger partial charge in [-0.05, 0) is 18.9 Å². The number of piperidine rings is 1. The number of anilines is 1. The van der Waals surface area contributed by atoms with E-state index in [1.54, 1.807) is 6.07 Å². The van der Waals surface area contributed by atoms with Gasteiger partial charge in [0.15, 0.2) is 0 Å². The molecule has 90 valence electrons. The van der Waals surface area contributed by atoms with Crippen LogP contribution in [0.5, 0.6) is 0 Å². The van der Waals surface area contributed by atoms with E-state index in [1.165, 1.54) is 12.4 Å². The van der Waals surface area contributed by atoms with E-state index in [0.29, 0.717) is 18.7 Å². The lowest BCUT2D eigenvalue weighted by molar-refractivity contribution is -0.123. The molecule has 1 aliphatic heterocycles. The molecule has 1 aromatic heterocycles. The van der Waals surface area contributed by atoms with Gasteiger partial charge in [0.25, 0.3) is 0 Å². The van der Waals surface area contributed by atoms with Crippen LogP contribution in [0.2, 0.25) is 0 Å². The first-order valence-electron chi connectivity index (χ1n) is 5.40. The van der Waals surface area contributed by atoms with E-state index >= 15 is 0 Å². The van der Waals surface area contributed by atoms with Crippen LogP contribution in [0, 0.1) is 0 Å². The molecule has 2 heterocycles. The number of carboxylic acids is 1. The highest BCUT2D eigenvalue weighted by molar-refractivity contribution is 5.95. The maximum absolute atomic E-state index is 11.5. The summed E-state index contributed by atoms with van der Waals surface area (Å²) < 4.78 is 0. The molecule has 2 rings (SSSR count). The molecule has 1 fully saturated rings. The molecule has 0 aliphatic carbocycles. The normalized spacial score (nSPS) is 19.5. The molecule has 0 spiro atoms. The zero-order valence-electron chi connectivity index (χ0n) is 9.14. The summed E-state index contributed by atoms with van der Waals surface area (Å²) in [5.41, 5.74) is 0.500. The SMILES string of the molecule is O=C(O)c1cnccc1NC1CCCNC1=O. The molecule has 3 N–H and O–H groups in total.